The van der Waals surface area contributed by atoms with E-state index >= 15 is 0 Å². The van der Waals surface area contributed by atoms with Crippen molar-refractivity contribution in [1.29, 1.82) is 0 Å². The fraction of sp³-hybridized carbons (Fsp3) is 0.538. The molecule has 0 aromatic heterocycles. The Morgan fingerprint density at radius 2 is 2.00 bits per heavy atom. The maximum Gasteiger partial charge on any atom is 0.119 e. The van der Waals surface area contributed by atoms with E-state index in [1.807, 2.05) is 18.2 Å². The number of hydrogen-bond acceptors (Lipinski definition) is 3. The Labute approximate surface area is 111 Å². The molecule has 0 atom stereocenters. The summed E-state index contributed by atoms with van der Waals surface area (Å²) >= 11 is 3.51. The van der Waals surface area contributed by atoms with Crippen LogP contribution in [-0.4, -0.2) is 26.9 Å². The molecule has 2 N–H and O–H groups in total. The van der Waals surface area contributed by atoms with E-state index in [1.165, 1.54) is 5.56 Å². The topological polar surface area (TPSA) is 44.5 Å². The summed E-state index contributed by atoms with van der Waals surface area (Å²) in [6.07, 6.45) is 2.90. The van der Waals surface area contributed by atoms with Crippen LogP contribution in [0.25, 0.3) is 0 Å². The largest absolute Gasteiger partial charge is 0.494 e. The van der Waals surface area contributed by atoms with Crippen molar-refractivity contribution in [3.63, 3.8) is 0 Å². The van der Waals surface area contributed by atoms with Gasteiger partial charge in [0.15, 0.2) is 0 Å². The van der Waals surface area contributed by atoms with Gasteiger partial charge in [0, 0.05) is 18.2 Å². The van der Waals surface area contributed by atoms with Gasteiger partial charge in [-0.3, -0.25) is 0 Å². The van der Waals surface area contributed by atoms with Crippen molar-refractivity contribution in [2.75, 3.05) is 26.9 Å². The molecule has 1 aromatic rings. The molecule has 17 heavy (non-hydrogen) atoms. The van der Waals surface area contributed by atoms with E-state index < -0.39 is 0 Å². The van der Waals surface area contributed by atoms with Crippen LogP contribution in [0.3, 0.4) is 0 Å². The third-order valence-corrected chi connectivity index (χ3v) is 3.22. The van der Waals surface area contributed by atoms with Gasteiger partial charge in [-0.05, 0) is 49.6 Å². The second kappa shape index (κ2) is 8.50. The maximum atomic E-state index is 5.68. The van der Waals surface area contributed by atoms with Gasteiger partial charge in [-0.15, -0.1) is 0 Å². The van der Waals surface area contributed by atoms with Crippen LogP contribution < -0.4 is 10.5 Å². The number of halogens is 1. The Morgan fingerprint density at radius 3 is 2.71 bits per heavy atom. The molecule has 0 spiro atoms. The van der Waals surface area contributed by atoms with Gasteiger partial charge < -0.3 is 15.2 Å². The number of rotatable bonds is 8. The first-order valence-corrected chi connectivity index (χ1v) is 6.67. The van der Waals surface area contributed by atoms with Crippen LogP contribution in [0.4, 0.5) is 0 Å². The number of unbranched alkanes of at least 4 members (excludes halogenated alkanes) is 1. The fourth-order valence-corrected chi connectivity index (χ4v) is 1.97. The fourth-order valence-electron chi connectivity index (χ4n) is 1.53. The van der Waals surface area contributed by atoms with E-state index in [0.29, 0.717) is 6.54 Å². The first-order chi connectivity index (χ1) is 8.27. The van der Waals surface area contributed by atoms with Gasteiger partial charge in [0.05, 0.1) is 6.61 Å². The van der Waals surface area contributed by atoms with E-state index in [0.717, 1.165) is 42.7 Å². The zero-order valence-electron chi connectivity index (χ0n) is 10.2. The summed E-state index contributed by atoms with van der Waals surface area (Å²) < 4.78 is 11.8. The van der Waals surface area contributed by atoms with Crippen LogP contribution in [0, 0.1) is 0 Å². The summed E-state index contributed by atoms with van der Waals surface area (Å²) in [6.45, 7) is 2.17. The standard InChI is InChI=1S/C13H20BrNO2/c1-16-8-2-3-9-17-12-4-5-13(14)11(10-12)6-7-15/h4-5,10H,2-3,6-9,15H2,1H3. The SMILES string of the molecule is COCCCCOc1ccc(Br)c(CCN)c1. The second-order valence-electron chi connectivity index (χ2n) is 3.84. The highest BCUT2D eigenvalue weighted by Gasteiger charge is 2.01. The van der Waals surface area contributed by atoms with Crippen LogP contribution in [-0.2, 0) is 11.2 Å². The Morgan fingerprint density at radius 1 is 1.24 bits per heavy atom. The van der Waals surface area contributed by atoms with Gasteiger partial charge >= 0.3 is 0 Å². The molecule has 0 radical (unpaired) electrons. The zero-order chi connectivity index (χ0) is 12.5. The molecule has 0 saturated carbocycles. The molecular formula is C13H20BrNO2. The molecule has 0 aliphatic heterocycles. The molecule has 0 amide bonds. The van der Waals surface area contributed by atoms with Crippen LogP contribution in [0.1, 0.15) is 18.4 Å². The molecule has 0 saturated heterocycles. The molecule has 0 fully saturated rings. The molecule has 0 unspecified atom stereocenters. The van der Waals surface area contributed by atoms with Crippen molar-refractivity contribution in [3.8, 4) is 5.75 Å². The van der Waals surface area contributed by atoms with Crippen molar-refractivity contribution < 1.29 is 9.47 Å². The third kappa shape index (κ3) is 5.52. The molecule has 96 valence electrons. The molecule has 0 aliphatic carbocycles. The van der Waals surface area contributed by atoms with Crippen LogP contribution in [0.5, 0.6) is 5.75 Å². The minimum atomic E-state index is 0.649. The zero-order valence-corrected chi connectivity index (χ0v) is 11.8. The highest BCUT2D eigenvalue weighted by Crippen LogP contribution is 2.23. The predicted octanol–water partition coefficient (Wildman–Crippen LogP) is 2.76. The maximum absolute atomic E-state index is 5.68. The number of methoxy groups -OCH3 is 1. The van der Waals surface area contributed by atoms with E-state index in [4.69, 9.17) is 15.2 Å². The summed E-state index contributed by atoms with van der Waals surface area (Å²) in [7, 11) is 1.72. The highest BCUT2D eigenvalue weighted by atomic mass is 79.9. The van der Waals surface area contributed by atoms with Gasteiger partial charge in [0.1, 0.15) is 5.75 Å². The molecule has 0 heterocycles. The Bertz CT molecular complexity index is 331. The number of benzene rings is 1. The van der Waals surface area contributed by atoms with Gasteiger partial charge in [-0.1, -0.05) is 15.9 Å². The molecule has 0 bridgehead atoms. The monoisotopic (exact) mass is 301 g/mol. The van der Waals surface area contributed by atoms with E-state index in [-0.39, 0.29) is 0 Å². The summed E-state index contributed by atoms with van der Waals surface area (Å²) in [5, 5.41) is 0. The smallest absolute Gasteiger partial charge is 0.119 e. The summed E-state index contributed by atoms with van der Waals surface area (Å²) in [6, 6.07) is 6.03. The number of hydrogen-bond donors (Lipinski definition) is 1. The van der Waals surface area contributed by atoms with Gasteiger partial charge in [0.2, 0.25) is 0 Å². The van der Waals surface area contributed by atoms with Crippen LogP contribution in [0.15, 0.2) is 22.7 Å². The van der Waals surface area contributed by atoms with E-state index in [1.54, 1.807) is 7.11 Å². The number of nitrogens with two attached hydrogens (primary N) is 1. The lowest BCUT2D eigenvalue weighted by Gasteiger charge is -2.09. The quantitative estimate of drug-likeness (QED) is 0.751. The van der Waals surface area contributed by atoms with E-state index in [9.17, 15) is 0 Å². The first kappa shape index (κ1) is 14.5. The Balaban J connectivity index is 2.40. The van der Waals surface area contributed by atoms with Crippen molar-refractivity contribution in [1.82, 2.24) is 0 Å². The summed E-state index contributed by atoms with van der Waals surface area (Å²) in [5.74, 6) is 0.911. The molecule has 1 rings (SSSR count). The first-order valence-electron chi connectivity index (χ1n) is 5.88. The highest BCUT2D eigenvalue weighted by molar-refractivity contribution is 9.10. The lowest BCUT2D eigenvalue weighted by atomic mass is 10.1. The normalized spacial score (nSPS) is 10.5. The minimum Gasteiger partial charge on any atom is -0.494 e. The van der Waals surface area contributed by atoms with Crippen molar-refractivity contribution in [2.24, 2.45) is 5.73 Å². The predicted molar refractivity (Wildman–Crippen MR) is 73.5 cm³/mol. The lowest BCUT2D eigenvalue weighted by molar-refractivity contribution is 0.184. The molecule has 0 aliphatic rings. The van der Waals surface area contributed by atoms with E-state index in [2.05, 4.69) is 15.9 Å². The molecule has 3 nitrogen and oxygen atoms in total. The second-order valence-corrected chi connectivity index (χ2v) is 4.69. The van der Waals surface area contributed by atoms with Crippen molar-refractivity contribution in [3.05, 3.63) is 28.2 Å². The number of ether oxygens (including phenoxy) is 2. The summed E-state index contributed by atoms with van der Waals surface area (Å²) in [5.41, 5.74) is 6.76. The molecular weight excluding hydrogens is 282 g/mol. The average Bonchev–Trinajstić information content (AvgIpc) is 2.33. The van der Waals surface area contributed by atoms with Gasteiger partial charge in [-0.25, -0.2) is 0 Å². The Hall–Kier alpha value is -0.580. The minimum absolute atomic E-state index is 0.649. The third-order valence-electron chi connectivity index (χ3n) is 2.44. The van der Waals surface area contributed by atoms with Crippen molar-refractivity contribution >= 4 is 15.9 Å². The lowest BCUT2D eigenvalue weighted by Crippen LogP contribution is -2.04. The van der Waals surface area contributed by atoms with Gasteiger partial charge in [-0.2, -0.15) is 0 Å². The average molecular weight is 302 g/mol. The van der Waals surface area contributed by atoms with Gasteiger partial charge in [0.25, 0.3) is 0 Å². The van der Waals surface area contributed by atoms with Crippen LogP contribution >= 0.6 is 15.9 Å². The van der Waals surface area contributed by atoms with Crippen LogP contribution in [0.2, 0.25) is 0 Å². The Kier molecular flexibility index (Phi) is 7.24. The molecule has 1 aromatic carbocycles. The van der Waals surface area contributed by atoms with Crippen molar-refractivity contribution in [2.45, 2.75) is 19.3 Å². The summed E-state index contributed by atoms with van der Waals surface area (Å²) in [4.78, 5) is 0. The molecule has 4 heteroatoms.